The van der Waals surface area contributed by atoms with Crippen LogP contribution >= 0.6 is 7.82 Å². The molecule has 0 amide bonds. The number of carbonyl (C=O) groups excluding carboxylic acids is 2. The molecule has 9 nitrogen and oxygen atoms in total. The summed E-state index contributed by atoms with van der Waals surface area (Å²) >= 11 is 0. The summed E-state index contributed by atoms with van der Waals surface area (Å²) in [7, 11) is -4.37. The molecule has 0 aromatic heterocycles. The molecule has 0 aliphatic carbocycles. The Bertz CT molecular complexity index is 990. The number of unbranched alkanes of at least 4 members (excludes halogenated alkanes) is 28. The van der Waals surface area contributed by atoms with Gasteiger partial charge in [-0.05, 0) is 44.9 Å². The van der Waals surface area contributed by atoms with Crippen LogP contribution in [0.4, 0.5) is 0 Å². The summed E-state index contributed by atoms with van der Waals surface area (Å²) in [6.07, 6.45) is 47.8. The molecule has 0 saturated heterocycles. The van der Waals surface area contributed by atoms with Crippen molar-refractivity contribution in [2.24, 2.45) is 5.73 Å². The Kier molecular flexibility index (Phi) is 42.9. The number of ether oxygens (including phenoxy) is 2. The lowest BCUT2D eigenvalue weighted by molar-refractivity contribution is -0.161. The molecule has 2 atom stereocenters. The smallest absolute Gasteiger partial charge is 0.462 e. The van der Waals surface area contributed by atoms with E-state index in [1.807, 2.05) is 0 Å². The van der Waals surface area contributed by atoms with Gasteiger partial charge in [0.1, 0.15) is 6.61 Å². The van der Waals surface area contributed by atoms with Gasteiger partial charge in [-0.25, -0.2) is 4.57 Å². The standard InChI is InChI=1S/C47H90NO8P/c1-3-5-7-9-11-13-15-17-18-19-20-21-22-23-24-25-26-28-30-32-34-36-38-40-47(50)56-45(44-55-57(51,52)54-42-41-48)43-53-46(49)39-37-35-33-31-29-27-16-14-12-10-8-6-4-2/h15,17,19-20,45H,3-14,16,18,21-44,48H2,1-2H3,(H,51,52)/b17-15-,20-19-. The molecule has 0 saturated carbocycles. The molecular weight excluding hydrogens is 737 g/mol. The molecule has 0 aromatic carbocycles. The van der Waals surface area contributed by atoms with Crippen LogP contribution in [-0.2, 0) is 32.7 Å². The van der Waals surface area contributed by atoms with Crippen LogP contribution in [0.5, 0.6) is 0 Å². The number of phosphoric acid groups is 1. The van der Waals surface area contributed by atoms with Crippen molar-refractivity contribution in [3.8, 4) is 0 Å². The topological polar surface area (TPSA) is 134 Å². The van der Waals surface area contributed by atoms with E-state index in [1.165, 1.54) is 154 Å². The number of carbonyl (C=O) groups is 2. The number of rotatable bonds is 45. The largest absolute Gasteiger partial charge is 0.472 e. The zero-order valence-electron chi connectivity index (χ0n) is 37.1. The van der Waals surface area contributed by atoms with E-state index < -0.39 is 26.5 Å². The number of allylic oxidation sites excluding steroid dienone is 4. The van der Waals surface area contributed by atoms with E-state index in [2.05, 4.69) is 38.2 Å². The van der Waals surface area contributed by atoms with E-state index in [-0.39, 0.29) is 38.6 Å². The Morgan fingerprint density at radius 1 is 0.526 bits per heavy atom. The normalized spacial score (nSPS) is 13.4. The van der Waals surface area contributed by atoms with Gasteiger partial charge in [0.2, 0.25) is 0 Å². The molecule has 0 heterocycles. The first-order valence-electron chi connectivity index (χ1n) is 23.8. The minimum Gasteiger partial charge on any atom is -0.462 e. The average Bonchev–Trinajstić information content (AvgIpc) is 3.20. The monoisotopic (exact) mass is 828 g/mol. The second-order valence-electron chi connectivity index (χ2n) is 16.0. The van der Waals surface area contributed by atoms with Crippen LogP contribution in [0.3, 0.4) is 0 Å². The third-order valence-corrected chi connectivity index (χ3v) is 11.3. The first kappa shape index (κ1) is 55.5. The van der Waals surface area contributed by atoms with E-state index in [9.17, 15) is 19.0 Å². The maximum absolute atomic E-state index is 12.6. The first-order chi connectivity index (χ1) is 27.8. The van der Waals surface area contributed by atoms with Gasteiger partial charge >= 0.3 is 19.8 Å². The first-order valence-corrected chi connectivity index (χ1v) is 25.3. The van der Waals surface area contributed by atoms with Crippen molar-refractivity contribution in [1.82, 2.24) is 0 Å². The van der Waals surface area contributed by atoms with Gasteiger partial charge in [0.25, 0.3) is 0 Å². The summed E-state index contributed by atoms with van der Waals surface area (Å²) in [5.41, 5.74) is 5.35. The van der Waals surface area contributed by atoms with Crippen LogP contribution in [0, 0.1) is 0 Å². The summed E-state index contributed by atoms with van der Waals surface area (Å²) in [6, 6.07) is 0. The highest BCUT2D eigenvalue weighted by atomic mass is 31.2. The van der Waals surface area contributed by atoms with Crippen LogP contribution in [0.1, 0.15) is 232 Å². The van der Waals surface area contributed by atoms with Crippen LogP contribution in [-0.4, -0.2) is 49.3 Å². The molecule has 0 spiro atoms. The molecule has 10 heteroatoms. The minimum atomic E-state index is -4.37. The quantitative estimate of drug-likeness (QED) is 0.0266. The number of esters is 2. The Morgan fingerprint density at radius 2 is 0.912 bits per heavy atom. The number of phosphoric ester groups is 1. The van der Waals surface area contributed by atoms with Gasteiger partial charge in [-0.2, -0.15) is 0 Å². The van der Waals surface area contributed by atoms with E-state index in [4.69, 9.17) is 24.3 Å². The maximum atomic E-state index is 12.6. The van der Waals surface area contributed by atoms with Crippen molar-refractivity contribution >= 4 is 19.8 Å². The second-order valence-corrected chi connectivity index (χ2v) is 17.4. The predicted octanol–water partition coefficient (Wildman–Crippen LogP) is 13.9. The third-order valence-electron chi connectivity index (χ3n) is 10.3. The number of hydrogen-bond donors (Lipinski definition) is 2. The molecule has 0 aliphatic rings. The van der Waals surface area contributed by atoms with E-state index >= 15 is 0 Å². The molecular formula is C47H90NO8P. The van der Waals surface area contributed by atoms with E-state index in [1.54, 1.807) is 0 Å². The molecule has 57 heavy (non-hydrogen) atoms. The van der Waals surface area contributed by atoms with Gasteiger partial charge in [-0.1, -0.05) is 199 Å². The van der Waals surface area contributed by atoms with Gasteiger partial charge < -0.3 is 20.1 Å². The summed E-state index contributed by atoms with van der Waals surface area (Å²) < 4.78 is 32.8. The summed E-state index contributed by atoms with van der Waals surface area (Å²) in [5, 5.41) is 0. The molecule has 0 aliphatic heterocycles. The molecule has 336 valence electrons. The van der Waals surface area contributed by atoms with E-state index in [0.717, 1.165) is 44.9 Å². The maximum Gasteiger partial charge on any atom is 0.472 e. The third kappa shape index (κ3) is 43.9. The van der Waals surface area contributed by atoms with Crippen LogP contribution in [0.2, 0.25) is 0 Å². The lowest BCUT2D eigenvalue weighted by Crippen LogP contribution is -2.29. The van der Waals surface area contributed by atoms with Crippen molar-refractivity contribution in [3.05, 3.63) is 24.3 Å². The zero-order chi connectivity index (χ0) is 41.8. The lowest BCUT2D eigenvalue weighted by atomic mass is 10.0. The van der Waals surface area contributed by atoms with Crippen molar-refractivity contribution in [1.29, 1.82) is 0 Å². The van der Waals surface area contributed by atoms with Gasteiger partial charge in [0, 0.05) is 19.4 Å². The lowest BCUT2D eigenvalue weighted by Gasteiger charge is -2.19. The Labute approximate surface area is 351 Å². The Morgan fingerprint density at radius 3 is 1.33 bits per heavy atom. The molecule has 0 aromatic rings. The second kappa shape index (κ2) is 44.1. The fourth-order valence-electron chi connectivity index (χ4n) is 6.78. The summed E-state index contributed by atoms with van der Waals surface area (Å²) in [6.45, 7) is 3.75. The number of hydrogen-bond acceptors (Lipinski definition) is 8. The highest BCUT2D eigenvalue weighted by Gasteiger charge is 2.26. The minimum absolute atomic E-state index is 0.0550. The molecule has 0 bridgehead atoms. The fraction of sp³-hybridized carbons (Fsp3) is 0.872. The van der Waals surface area contributed by atoms with Crippen molar-refractivity contribution < 1.29 is 37.6 Å². The number of nitrogens with two attached hydrogens (primary N) is 1. The molecule has 0 radical (unpaired) electrons. The van der Waals surface area contributed by atoms with Crippen LogP contribution in [0.15, 0.2) is 24.3 Å². The zero-order valence-corrected chi connectivity index (χ0v) is 38.0. The average molecular weight is 828 g/mol. The molecule has 0 rings (SSSR count). The predicted molar refractivity (Wildman–Crippen MR) is 238 cm³/mol. The molecule has 3 N–H and O–H groups in total. The highest BCUT2D eigenvalue weighted by Crippen LogP contribution is 2.43. The SMILES string of the molecule is CCCCCCC/C=C\C/C=C\CCCCCCCCCCCCCC(=O)OC(COC(=O)CCCCCCCCCCCCCCC)COP(=O)(O)OCCN. The highest BCUT2D eigenvalue weighted by molar-refractivity contribution is 7.47. The van der Waals surface area contributed by atoms with Crippen molar-refractivity contribution in [2.75, 3.05) is 26.4 Å². The van der Waals surface area contributed by atoms with E-state index in [0.29, 0.717) is 6.42 Å². The van der Waals surface area contributed by atoms with Crippen molar-refractivity contribution in [2.45, 2.75) is 238 Å². The van der Waals surface area contributed by atoms with Crippen molar-refractivity contribution in [3.63, 3.8) is 0 Å². The van der Waals surface area contributed by atoms with Crippen LogP contribution in [0.25, 0.3) is 0 Å². The molecule has 0 fully saturated rings. The Hall–Kier alpha value is -1.51. The summed E-state index contributed by atoms with van der Waals surface area (Å²) in [5.74, 6) is -0.821. The Balaban J connectivity index is 4.03. The van der Waals surface area contributed by atoms with Crippen LogP contribution < -0.4 is 5.73 Å². The molecule has 2 unspecified atom stereocenters. The fourth-order valence-corrected chi connectivity index (χ4v) is 7.55. The van der Waals surface area contributed by atoms with Gasteiger partial charge in [0.15, 0.2) is 6.10 Å². The van der Waals surface area contributed by atoms with Gasteiger partial charge in [-0.15, -0.1) is 0 Å². The van der Waals surface area contributed by atoms with Gasteiger partial charge in [0.05, 0.1) is 13.2 Å². The van der Waals surface area contributed by atoms with Gasteiger partial charge in [-0.3, -0.25) is 18.6 Å². The summed E-state index contributed by atoms with van der Waals surface area (Å²) in [4.78, 5) is 34.9.